The molecule has 21 heavy (non-hydrogen) atoms. The SMILES string of the molecule is CS(=O)(=O)c1ccc(S(=O)CC(N)c2ccccc2)cc1. The van der Waals surface area contributed by atoms with Crippen LogP contribution in [0.5, 0.6) is 0 Å². The van der Waals surface area contributed by atoms with Crippen LogP contribution in [0.4, 0.5) is 0 Å². The summed E-state index contributed by atoms with van der Waals surface area (Å²) in [5.41, 5.74) is 6.97. The van der Waals surface area contributed by atoms with E-state index >= 15 is 0 Å². The van der Waals surface area contributed by atoms with Gasteiger partial charge in [0.2, 0.25) is 0 Å². The molecule has 0 aromatic heterocycles. The summed E-state index contributed by atoms with van der Waals surface area (Å²) in [6.07, 6.45) is 1.14. The van der Waals surface area contributed by atoms with Crippen molar-refractivity contribution in [3.05, 3.63) is 60.2 Å². The molecular weight excluding hydrogens is 306 g/mol. The Hall–Kier alpha value is -1.50. The molecule has 4 nitrogen and oxygen atoms in total. The van der Waals surface area contributed by atoms with E-state index < -0.39 is 20.6 Å². The van der Waals surface area contributed by atoms with Crippen LogP contribution in [0, 0.1) is 0 Å². The summed E-state index contributed by atoms with van der Waals surface area (Å²) in [6, 6.07) is 15.2. The standard InChI is InChI=1S/C15H17NO3S2/c1-21(18,19)14-9-7-13(8-10-14)20(17)11-15(16)12-5-3-2-4-6-12/h2-10,15H,11,16H2,1H3. The first kappa shape index (κ1) is 15.9. The van der Waals surface area contributed by atoms with Crippen molar-refractivity contribution in [2.45, 2.75) is 15.8 Å². The molecule has 2 aromatic rings. The van der Waals surface area contributed by atoms with Crippen molar-refractivity contribution in [1.82, 2.24) is 0 Å². The Morgan fingerprint density at radius 2 is 1.62 bits per heavy atom. The molecule has 6 heteroatoms. The molecule has 2 atom stereocenters. The van der Waals surface area contributed by atoms with Gasteiger partial charge >= 0.3 is 0 Å². The molecule has 0 saturated heterocycles. The predicted octanol–water partition coefficient (Wildman–Crippen LogP) is 1.90. The molecule has 2 N–H and O–H groups in total. The maximum absolute atomic E-state index is 12.3. The van der Waals surface area contributed by atoms with Crippen LogP contribution in [0.15, 0.2) is 64.4 Å². The Morgan fingerprint density at radius 3 is 2.14 bits per heavy atom. The fourth-order valence-electron chi connectivity index (χ4n) is 1.89. The van der Waals surface area contributed by atoms with E-state index in [1.807, 2.05) is 30.3 Å². The second-order valence-electron chi connectivity index (χ2n) is 4.77. The van der Waals surface area contributed by atoms with Crippen LogP contribution >= 0.6 is 0 Å². The van der Waals surface area contributed by atoms with E-state index in [-0.39, 0.29) is 10.9 Å². The third kappa shape index (κ3) is 4.23. The summed E-state index contributed by atoms with van der Waals surface area (Å²) in [6.45, 7) is 0. The van der Waals surface area contributed by atoms with Crippen molar-refractivity contribution >= 4 is 20.6 Å². The highest BCUT2D eigenvalue weighted by Gasteiger charge is 2.13. The molecule has 2 rings (SSSR count). The van der Waals surface area contributed by atoms with Crippen LogP contribution in [0.1, 0.15) is 11.6 Å². The van der Waals surface area contributed by atoms with Crippen molar-refractivity contribution in [1.29, 1.82) is 0 Å². The third-order valence-electron chi connectivity index (χ3n) is 3.07. The van der Waals surface area contributed by atoms with Gasteiger partial charge in [0.1, 0.15) is 0 Å². The van der Waals surface area contributed by atoms with E-state index in [1.54, 1.807) is 12.1 Å². The fraction of sp³-hybridized carbons (Fsp3) is 0.200. The van der Waals surface area contributed by atoms with E-state index in [0.29, 0.717) is 10.6 Å². The van der Waals surface area contributed by atoms with Gasteiger partial charge in [-0.3, -0.25) is 4.21 Å². The largest absolute Gasteiger partial charge is 0.323 e. The Labute approximate surface area is 127 Å². The number of hydrogen-bond donors (Lipinski definition) is 1. The molecular formula is C15H17NO3S2. The second-order valence-corrected chi connectivity index (χ2v) is 8.28. The second kappa shape index (κ2) is 6.51. The highest BCUT2D eigenvalue weighted by atomic mass is 32.2. The molecule has 0 saturated carbocycles. The van der Waals surface area contributed by atoms with E-state index in [9.17, 15) is 12.6 Å². The lowest BCUT2D eigenvalue weighted by molar-refractivity contribution is 0.601. The number of hydrogen-bond acceptors (Lipinski definition) is 4. The minimum absolute atomic E-state index is 0.218. The van der Waals surface area contributed by atoms with Crippen LogP contribution in [0.2, 0.25) is 0 Å². The summed E-state index contributed by atoms with van der Waals surface area (Å²) in [7, 11) is -4.50. The minimum Gasteiger partial charge on any atom is -0.323 e. The van der Waals surface area contributed by atoms with Gasteiger partial charge in [-0.15, -0.1) is 0 Å². The van der Waals surface area contributed by atoms with E-state index in [4.69, 9.17) is 5.73 Å². The smallest absolute Gasteiger partial charge is 0.175 e. The lowest BCUT2D eigenvalue weighted by atomic mass is 10.1. The monoisotopic (exact) mass is 323 g/mol. The molecule has 0 aliphatic heterocycles. The Kier molecular flexibility index (Phi) is 4.92. The van der Waals surface area contributed by atoms with Gasteiger partial charge in [0.05, 0.1) is 15.7 Å². The topological polar surface area (TPSA) is 77.2 Å². The van der Waals surface area contributed by atoms with E-state index in [0.717, 1.165) is 11.8 Å². The van der Waals surface area contributed by atoms with Crippen LogP contribution in [-0.2, 0) is 20.6 Å². The summed E-state index contributed by atoms with van der Waals surface area (Å²) in [4.78, 5) is 0.796. The zero-order valence-electron chi connectivity index (χ0n) is 11.6. The van der Waals surface area contributed by atoms with Gasteiger partial charge in [-0.1, -0.05) is 30.3 Å². The Morgan fingerprint density at radius 1 is 1.05 bits per heavy atom. The molecule has 0 aliphatic carbocycles. The summed E-state index contributed by atoms with van der Waals surface area (Å²) in [5, 5.41) is 0. The molecule has 0 aliphatic rings. The number of benzene rings is 2. The molecule has 0 spiro atoms. The minimum atomic E-state index is -3.23. The van der Waals surface area contributed by atoms with Gasteiger partial charge < -0.3 is 5.73 Å². The maximum atomic E-state index is 12.3. The van der Waals surface area contributed by atoms with Crippen LogP contribution in [0.3, 0.4) is 0 Å². The van der Waals surface area contributed by atoms with Crippen molar-refractivity contribution in [2.75, 3.05) is 12.0 Å². The molecule has 0 fully saturated rings. The zero-order chi connectivity index (χ0) is 15.5. The van der Waals surface area contributed by atoms with Gasteiger partial charge in [0, 0.05) is 22.9 Å². The fourth-order valence-corrected chi connectivity index (χ4v) is 3.68. The number of sulfone groups is 1. The van der Waals surface area contributed by atoms with Crippen LogP contribution in [-0.4, -0.2) is 24.6 Å². The van der Waals surface area contributed by atoms with Gasteiger partial charge in [-0.2, -0.15) is 0 Å². The highest BCUT2D eigenvalue weighted by molar-refractivity contribution is 7.90. The highest BCUT2D eigenvalue weighted by Crippen LogP contribution is 2.17. The number of rotatable bonds is 5. The van der Waals surface area contributed by atoms with E-state index in [1.165, 1.54) is 12.1 Å². The molecule has 0 amide bonds. The molecule has 112 valence electrons. The van der Waals surface area contributed by atoms with Crippen LogP contribution in [0.25, 0.3) is 0 Å². The third-order valence-corrected chi connectivity index (χ3v) is 5.66. The zero-order valence-corrected chi connectivity index (χ0v) is 13.2. The average Bonchev–Trinajstić information content (AvgIpc) is 2.47. The van der Waals surface area contributed by atoms with Crippen molar-refractivity contribution in [3.63, 3.8) is 0 Å². The lowest BCUT2D eigenvalue weighted by Crippen LogP contribution is -2.18. The van der Waals surface area contributed by atoms with E-state index in [2.05, 4.69) is 0 Å². The Bertz CT molecular complexity index is 725. The van der Waals surface area contributed by atoms with Gasteiger partial charge in [-0.05, 0) is 29.8 Å². The van der Waals surface area contributed by atoms with Gasteiger partial charge in [0.15, 0.2) is 9.84 Å². The molecule has 0 heterocycles. The number of nitrogens with two attached hydrogens (primary N) is 1. The van der Waals surface area contributed by atoms with Gasteiger partial charge in [0.25, 0.3) is 0 Å². The molecule has 0 radical (unpaired) electrons. The van der Waals surface area contributed by atoms with Crippen molar-refractivity contribution in [2.24, 2.45) is 5.73 Å². The van der Waals surface area contributed by atoms with Crippen molar-refractivity contribution in [3.8, 4) is 0 Å². The summed E-state index contributed by atoms with van der Waals surface area (Å²) in [5.74, 6) is 0.294. The lowest BCUT2D eigenvalue weighted by Gasteiger charge is -2.11. The maximum Gasteiger partial charge on any atom is 0.175 e. The summed E-state index contributed by atoms with van der Waals surface area (Å²) < 4.78 is 35.0. The Balaban J connectivity index is 2.11. The quantitative estimate of drug-likeness (QED) is 0.911. The normalized spacial score (nSPS) is 14.6. The first-order valence-corrected chi connectivity index (χ1v) is 9.58. The predicted molar refractivity (Wildman–Crippen MR) is 84.2 cm³/mol. The average molecular weight is 323 g/mol. The first-order valence-electron chi connectivity index (χ1n) is 6.37. The molecule has 0 bridgehead atoms. The van der Waals surface area contributed by atoms with Crippen LogP contribution < -0.4 is 5.73 Å². The molecule has 2 aromatic carbocycles. The summed E-state index contributed by atoms with van der Waals surface area (Å²) >= 11 is 0. The van der Waals surface area contributed by atoms with Crippen molar-refractivity contribution < 1.29 is 12.6 Å². The first-order chi connectivity index (χ1) is 9.88. The molecule has 2 unspecified atom stereocenters. The van der Waals surface area contributed by atoms with Gasteiger partial charge in [-0.25, -0.2) is 8.42 Å².